The molecule has 6 heteroatoms. The molecule has 0 N–H and O–H groups in total. The van der Waals surface area contributed by atoms with Gasteiger partial charge in [0.2, 0.25) is 0 Å². The molecular weight excluding hydrogens is 793 g/mol. The first-order chi connectivity index (χ1) is 31.5. The second kappa shape index (κ2) is 53.2. The molecule has 0 fully saturated rings. The molecule has 0 saturated carbocycles. The van der Waals surface area contributed by atoms with E-state index in [-0.39, 0.29) is 31.1 Å². The van der Waals surface area contributed by atoms with Gasteiger partial charge in [-0.3, -0.25) is 14.4 Å². The highest BCUT2D eigenvalue weighted by Crippen LogP contribution is 2.16. The third-order valence-electron chi connectivity index (χ3n) is 12.4. The van der Waals surface area contributed by atoms with Crippen molar-refractivity contribution in [3.8, 4) is 0 Å². The van der Waals surface area contributed by atoms with Crippen LogP contribution in [-0.2, 0) is 28.6 Å². The Morgan fingerprint density at radius 2 is 0.562 bits per heavy atom. The van der Waals surface area contributed by atoms with Gasteiger partial charge in [-0.15, -0.1) is 0 Å². The molecule has 6 nitrogen and oxygen atoms in total. The van der Waals surface area contributed by atoms with Gasteiger partial charge in [0.05, 0.1) is 0 Å². The van der Waals surface area contributed by atoms with Crippen molar-refractivity contribution in [3.63, 3.8) is 0 Å². The maximum atomic E-state index is 12.8. The molecule has 64 heavy (non-hydrogen) atoms. The fraction of sp³-hybridized carbons (Fsp3) is 0.845. The summed E-state index contributed by atoms with van der Waals surface area (Å²) in [6.07, 6.45) is 62.7. The van der Waals surface area contributed by atoms with Crippen molar-refractivity contribution in [3.05, 3.63) is 36.5 Å². The van der Waals surface area contributed by atoms with Gasteiger partial charge < -0.3 is 14.2 Å². The average Bonchev–Trinajstić information content (AvgIpc) is 3.29. The van der Waals surface area contributed by atoms with E-state index in [1.165, 1.54) is 167 Å². The maximum Gasteiger partial charge on any atom is 0.306 e. The molecule has 1 atom stereocenters. The summed E-state index contributed by atoms with van der Waals surface area (Å²) in [5.41, 5.74) is 0. The smallest absolute Gasteiger partial charge is 0.306 e. The molecule has 374 valence electrons. The van der Waals surface area contributed by atoms with Crippen LogP contribution in [0, 0.1) is 0 Å². The Kier molecular flexibility index (Phi) is 51.3. The summed E-state index contributed by atoms with van der Waals surface area (Å²) < 4.78 is 16.8. The fourth-order valence-electron chi connectivity index (χ4n) is 8.12. The van der Waals surface area contributed by atoms with E-state index in [0.717, 1.165) is 89.9 Å². The van der Waals surface area contributed by atoms with E-state index < -0.39 is 6.10 Å². The SMILES string of the molecule is CCCCC/C=C/C/C=C/CCCCCCCC(=O)O[C@H](COC(=O)CCCCCCC/C=C/CCCCCC)COC(=O)CCCCCCCCCCCCCCCCCCCC. The summed E-state index contributed by atoms with van der Waals surface area (Å²) in [5.74, 6) is -0.886. The predicted octanol–water partition coefficient (Wildman–Crippen LogP) is 18.5. The molecule has 0 aromatic rings. The Balaban J connectivity index is 4.35. The van der Waals surface area contributed by atoms with E-state index in [4.69, 9.17) is 14.2 Å². The van der Waals surface area contributed by atoms with Crippen LogP contribution < -0.4 is 0 Å². The van der Waals surface area contributed by atoms with Gasteiger partial charge in [-0.1, -0.05) is 237 Å². The Morgan fingerprint density at radius 3 is 0.922 bits per heavy atom. The van der Waals surface area contributed by atoms with Crippen LogP contribution in [0.4, 0.5) is 0 Å². The summed E-state index contributed by atoms with van der Waals surface area (Å²) in [6, 6.07) is 0. The predicted molar refractivity (Wildman–Crippen MR) is 275 cm³/mol. The lowest BCUT2D eigenvalue weighted by molar-refractivity contribution is -0.167. The highest BCUT2D eigenvalue weighted by Gasteiger charge is 2.19. The van der Waals surface area contributed by atoms with E-state index in [9.17, 15) is 14.4 Å². The van der Waals surface area contributed by atoms with E-state index in [2.05, 4.69) is 57.2 Å². The van der Waals surface area contributed by atoms with Crippen molar-refractivity contribution in [1.29, 1.82) is 0 Å². The molecule has 0 aliphatic carbocycles. The second-order valence-electron chi connectivity index (χ2n) is 18.8. The molecule has 0 spiro atoms. The number of carbonyl (C=O) groups excluding carboxylic acids is 3. The second-order valence-corrected chi connectivity index (χ2v) is 18.8. The quantitative estimate of drug-likeness (QED) is 0.0262. The van der Waals surface area contributed by atoms with Crippen LogP contribution in [-0.4, -0.2) is 37.2 Å². The summed E-state index contributed by atoms with van der Waals surface area (Å²) >= 11 is 0. The van der Waals surface area contributed by atoms with Crippen LogP contribution in [0.1, 0.15) is 297 Å². The summed E-state index contributed by atoms with van der Waals surface area (Å²) in [5, 5.41) is 0. The van der Waals surface area contributed by atoms with Gasteiger partial charge in [0.1, 0.15) is 13.2 Å². The van der Waals surface area contributed by atoms with Gasteiger partial charge in [0.25, 0.3) is 0 Å². The van der Waals surface area contributed by atoms with Crippen LogP contribution in [0.15, 0.2) is 36.5 Å². The zero-order valence-electron chi connectivity index (χ0n) is 42.8. The molecule has 0 aliphatic heterocycles. The van der Waals surface area contributed by atoms with Gasteiger partial charge in [-0.05, 0) is 77.0 Å². The van der Waals surface area contributed by atoms with E-state index in [1.807, 2.05) is 0 Å². The molecule has 0 saturated heterocycles. The Labute approximate surface area is 397 Å². The number of hydrogen-bond donors (Lipinski definition) is 0. The van der Waals surface area contributed by atoms with Crippen LogP contribution in [0.25, 0.3) is 0 Å². The minimum atomic E-state index is -0.779. The Hall–Kier alpha value is -2.37. The lowest BCUT2D eigenvalue weighted by Crippen LogP contribution is -2.30. The van der Waals surface area contributed by atoms with Crippen LogP contribution in [0.2, 0.25) is 0 Å². The molecule has 0 rings (SSSR count). The number of ether oxygens (including phenoxy) is 3. The van der Waals surface area contributed by atoms with Gasteiger partial charge in [-0.2, -0.15) is 0 Å². The summed E-state index contributed by atoms with van der Waals surface area (Å²) in [6.45, 7) is 6.61. The van der Waals surface area contributed by atoms with Crippen LogP contribution in [0.3, 0.4) is 0 Å². The van der Waals surface area contributed by atoms with Crippen molar-refractivity contribution < 1.29 is 28.6 Å². The number of esters is 3. The zero-order valence-corrected chi connectivity index (χ0v) is 42.8. The Bertz CT molecular complexity index is 1080. The van der Waals surface area contributed by atoms with E-state index in [1.54, 1.807) is 0 Å². The topological polar surface area (TPSA) is 78.9 Å². The number of carbonyl (C=O) groups is 3. The van der Waals surface area contributed by atoms with Gasteiger partial charge in [-0.25, -0.2) is 0 Å². The molecule has 0 aliphatic rings. The number of rotatable bonds is 51. The molecule has 0 unspecified atom stereocenters. The Morgan fingerprint density at radius 1 is 0.312 bits per heavy atom. The number of unbranched alkanes of at least 4 members (excludes halogenated alkanes) is 34. The molecule has 0 aromatic carbocycles. The van der Waals surface area contributed by atoms with Crippen molar-refractivity contribution in [2.24, 2.45) is 0 Å². The first-order valence-electron chi connectivity index (χ1n) is 28.0. The molecule has 0 bridgehead atoms. The molecule has 0 heterocycles. The van der Waals surface area contributed by atoms with Gasteiger partial charge in [0, 0.05) is 19.3 Å². The van der Waals surface area contributed by atoms with E-state index >= 15 is 0 Å². The first-order valence-corrected chi connectivity index (χ1v) is 28.0. The zero-order chi connectivity index (χ0) is 46.5. The molecular formula is C58H106O6. The lowest BCUT2D eigenvalue weighted by Gasteiger charge is -2.18. The highest BCUT2D eigenvalue weighted by atomic mass is 16.6. The average molecular weight is 899 g/mol. The monoisotopic (exact) mass is 899 g/mol. The van der Waals surface area contributed by atoms with Crippen molar-refractivity contribution >= 4 is 17.9 Å². The van der Waals surface area contributed by atoms with Crippen LogP contribution in [0.5, 0.6) is 0 Å². The third-order valence-corrected chi connectivity index (χ3v) is 12.4. The van der Waals surface area contributed by atoms with Crippen molar-refractivity contribution in [2.75, 3.05) is 13.2 Å². The third kappa shape index (κ3) is 50.6. The lowest BCUT2D eigenvalue weighted by atomic mass is 10.0. The summed E-state index contributed by atoms with van der Waals surface area (Å²) in [7, 11) is 0. The van der Waals surface area contributed by atoms with Gasteiger partial charge in [0.15, 0.2) is 6.10 Å². The minimum absolute atomic E-state index is 0.0771. The first kappa shape index (κ1) is 61.6. The van der Waals surface area contributed by atoms with Crippen molar-refractivity contribution in [2.45, 2.75) is 303 Å². The molecule has 0 amide bonds. The normalized spacial score (nSPS) is 12.2. The molecule has 0 aromatic heterocycles. The minimum Gasteiger partial charge on any atom is -0.462 e. The number of hydrogen-bond acceptors (Lipinski definition) is 6. The maximum absolute atomic E-state index is 12.8. The molecule has 0 radical (unpaired) electrons. The van der Waals surface area contributed by atoms with Gasteiger partial charge >= 0.3 is 17.9 Å². The highest BCUT2D eigenvalue weighted by molar-refractivity contribution is 5.71. The van der Waals surface area contributed by atoms with E-state index in [0.29, 0.717) is 19.3 Å². The fourth-order valence-corrected chi connectivity index (χ4v) is 8.12. The van der Waals surface area contributed by atoms with Crippen LogP contribution >= 0.6 is 0 Å². The largest absolute Gasteiger partial charge is 0.462 e. The standard InChI is InChI=1S/C58H106O6/c1-4-7-10-13-16-19-22-25-27-28-29-31-33-36-39-42-45-48-51-57(60)63-54-55(53-62-56(59)50-47-44-41-38-35-32-24-21-18-15-12-9-6-3)64-58(61)52-49-46-43-40-37-34-30-26-23-20-17-14-11-8-5-2/h17,20-21,24,26,30,55H,4-16,18-19,22-23,25,27-29,31-54H2,1-3H3/b20-17+,24-21+,30-26+/t55-/m1/s1. The van der Waals surface area contributed by atoms with Crippen molar-refractivity contribution in [1.82, 2.24) is 0 Å². The number of allylic oxidation sites excluding steroid dienone is 6. The summed E-state index contributed by atoms with van der Waals surface area (Å²) in [4.78, 5) is 38.1.